The van der Waals surface area contributed by atoms with Crippen LogP contribution in [0.4, 0.5) is 5.69 Å². The zero-order valence-corrected chi connectivity index (χ0v) is 20.0. The van der Waals surface area contributed by atoms with Crippen LogP contribution in [0.2, 0.25) is 0 Å². The Morgan fingerprint density at radius 2 is 1.71 bits per heavy atom. The number of phenolic OH excluding ortho intramolecular Hbond substituents is 1. The monoisotopic (exact) mass is 492 g/mol. The van der Waals surface area contributed by atoms with Crippen molar-refractivity contribution in [3.63, 3.8) is 0 Å². The lowest BCUT2D eigenvalue weighted by Crippen LogP contribution is -2.46. The van der Waals surface area contributed by atoms with E-state index >= 15 is 0 Å². The van der Waals surface area contributed by atoms with Crippen LogP contribution in [0, 0.1) is 0 Å². The van der Waals surface area contributed by atoms with E-state index in [1.807, 2.05) is 24.3 Å². The molecule has 1 aliphatic rings. The molecule has 3 rings (SSSR count). The van der Waals surface area contributed by atoms with E-state index in [0.717, 1.165) is 23.1 Å². The fourth-order valence-corrected chi connectivity index (χ4v) is 4.49. The van der Waals surface area contributed by atoms with Crippen molar-refractivity contribution in [1.29, 1.82) is 0 Å². The number of β-lactam (4-membered cyclic amide) rings is 1. The molecule has 1 fully saturated rings. The van der Waals surface area contributed by atoms with Crippen molar-refractivity contribution in [3.8, 4) is 5.75 Å². The van der Waals surface area contributed by atoms with Crippen molar-refractivity contribution in [3.05, 3.63) is 59.2 Å². The van der Waals surface area contributed by atoms with Gasteiger partial charge in [0.25, 0.3) is 0 Å². The number of aliphatic hydroxyl groups is 3. The number of anilines is 1. The highest BCUT2D eigenvalue weighted by Gasteiger charge is 2.39. The molecule has 0 spiro atoms. The fourth-order valence-electron chi connectivity index (χ4n) is 3.97. The number of aryl methyl sites for hydroxylation is 2. The van der Waals surface area contributed by atoms with Crippen molar-refractivity contribution in [2.75, 3.05) is 30.9 Å². The summed E-state index contributed by atoms with van der Waals surface area (Å²) in [6, 6.07) is 12.4. The Balaban J connectivity index is 1.63. The number of phenols is 1. The summed E-state index contributed by atoms with van der Waals surface area (Å²) < 4.78 is 24.7. The minimum absolute atomic E-state index is 0.0467. The van der Waals surface area contributed by atoms with Crippen LogP contribution in [-0.2, 0) is 27.7 Å². The van der Waals surface area contributed by atoms with Gasteiger partial charge >= 0.3 is 0 Å². The number of sulfonamides is 1. The molecule has 0 saturated carbocycles. The van der Waals surface area contributed by atoms with Crippen molar-refractivity contribution in [2.24, 2.45) is 0 Å². The summed E-state index contributed by atoms with van der Waals surface area (Å²) in [5, 5.41) is 39.0. The first-order valence-electron chi connectivity index (χ1n) is 11.2. The molecule has 1 heterocycles. The average molecular weight is 493 g/mol. The van der Waals surface area contributed by atoms with Gasteiger partial charge in [0.1, 0.15) is 11.4 Å². The van der Waals surface area contributed by atoms with Crippen LogP contribution in [0.1, 0.15) is 42.0 Å². The highest BCUT2D eigenvalue weighted by Crippen LogP contribution is 2.42. The Kier molecular flexibility index (Phi) is 8.32. The quantitative estimate of drug-likeness (QED) is 0.219. The lowest BCUT2D eigenvalue weighted by molar-refractivity contribution is -0.124. The van der Waals surface area contributed by atoms with Crippen LogP contribution in [0.25, 0.3) is 0 Å². The summed E-state index contributed by atoms with van der Waals surface area (Å²) in [5.41, 5.74) is 1.55. The number of rotatable bonds is 12. The van der Waals surface area contributed by atoms with Crippen LogP contribution < -0.4 is 9.62 Å². The molecule has 10 heteroatoms. The third kappa shape index (κ3) is 6.55. The Bertz CT molecular complexity index is 1100. The molecular formula is C24H32N2O7S. The van der Waals surface area contributed by atoms with Gasteiger partial charge in [0.2, 0.25) is 15.9 Å². The van der Waals surface area contributed by atoms with Crippen molar-refractivity contribution in [2.45, 2.75) is 43.7 Å². The molecule has 1 amide bonds. The van der Waals surface area contributed by atoms with Gasteiger partial charge in [-0.05, 0) is 55.0 Å². The van der Waals surface area contributed by atoms with Gasteiger partial charge in [-0.3, -0.25) is 4.79 Å². The number of aromatic hydroxyl groups is 1. The second-order valence-electron chi connectivity index (χ2n) is 8.85. The highest BCUT2D eigenvalue weighted by atomic mass is 32.2. The summed E-state index contributed by atoms with van der Waals surface area (Å²) in [5.74, 6) is 0.000989. The molecule has 2 aromatic rings. The minimum Gasteiger partial charge on any atom is -0.508 e. The molecule has 1 atom stereocenters. The fraction of sp³-hybridized carbons (Fsp3) is 0.458. The second-order valence-corrected chi connectivity index (χ2v) is 10.7. The standard InChI is InChI=1S/C24H32N2O7S/c1-34(32,33)25-12-2-3-17-4-7-19(8-5-17)26-21(14-23(26)30)20-9-6-18(13-22(20)29)10-11-24(31,15-27)16-28/h4-9,13,21,25,27-29,31H,2-3,10-12,14-16H2,1H3/t21-/m0/s1. The van der Waals surface area contributed by atoms with E-state index in [9.17, 15) is 33.6 Å². The van der Waals surface area contributed by atoms with Gasteiger partial charge in [0.15, 0.2) is 0 Å². The normalized spacial score (nSPS) is 16.5. The van der Waals surface area contributed by atoms with Crippen molar-refractivity contribution in [1.82, 2.24) is 4.72 Å². The smallest absolute Gasteiger partial charge is 0.230 e. The molecule has 34 heavy (non-hydrogen) atoms. The molecule has 9 nitrogen and oxygen atoms in total. The number of aliphatic hydroxyl groups excluding tert-OH is 2. The SMILES string of the molecule is CS(=O)(=O)NCCCc1ccc(N2C(=O)C[C@H]2c2ccc(CCC(O)(CO)CO)cc2O)cc1. The van der Waals surface area contributed by atoms with Gasteiger partial charge in [-0.15, -0.1) is 0 Å². The lowest BCUT2D eigenvalue weighted by Gasteiger charge is -2.41. The van der Waals surface area contributed by atoms with Gasteiger partial charge in [0, 0.05) is 17.8 Å². The highest BCUT2D eigenvalue weighted by molar-refractivity contribution is 7.88. The number of benzene rings is 2. The van der Waals surface area contributed by atoms with Crippen LogP contribution in [0.15, 0.2) is 42.5 Å². The Hall–Kier alpha value is -2.50. The van der Waals surface area contributed by atoms with E-state index < -0.39 is 28.8 Å². The first-order valence-corrected chi connectivity index (χ1v) is 13.1. The number of carbonyl (C=O) groups excluding carboxylic acids is 1. The van der Waals surface area contributed by atoms with E-state index in [2.05, 4.69) is 4.72 Å². The van der Waals surface area contributed by atoms with E-state index in [4.69, 9.17) is 0 Å². The summed E-state index contributed by atoms with van der Waals surface area (Å²) in [6.07, 6.45) is 3.27. The molecule has 2 aromatic carbocycles. The number of carbonyl (C=O) groups is 1. The number of hydrogen-bond acceptors (Lipinski definition) is 7. The third-order valence-corrected chi connectivity index (χ3v) is 6.82. The van der Waals surface area contributed by atoms with Crippen LogP contribution in [-0.4, -0.2) is 66.4 Å². The van der Waals surface area contributed by atoms with E-state index in [-0.39, 0.29) is 30.5 Å². The summed E-state index contributed by atoms with van der Waals surface area (Å²) in [6.45, 7) is -0.742. The Morgan fingerprint density at radius 1 is 1.06 bits per heavy atom. The molecule has 0 bridgehead atoms. The molecule has 186 valence electrons. The summed E-state index contributed by atoms with van der Waals surface area (Å²) in [4.78, 5) is 14.0. The lowest BCUT2D eigenvalue weighted by atomic mass is 9.90. The van der Waals surface area contributed by atoms with Crippen LogP contribution in [0.5, 0.6) is 5.75 Å². The first kappa shape index (κ1) is 26.1. The van der Waals surface area contributed by atoms with Crippen molar-refractivity contribution < 1.29 is 33.6 Å². The molecule has 0 radical (unpaired) electrons. The minimum atomic E-state index is -3.20. The van der Waals surface area contributed by atoms with Gasteiger partial charge in [-0.25, -0.2) is 13.1 Å². The van der Waals surface area contributed by atoms with Gasteiger partial charge in [-0.1, -0.05) is 24.3 Å². The predicted molar refractivity (Wildman–Crippen MR) is 128 cm³/mol. The van der Waals surface area contributed by atoms with Gasteiger partial charge < -0.3 is 25.3 Å². The van der Waals surface area contributed by atoms with Gasteiger partial charge in [0.05, 0.1) is 31.9 Å². The number of amides is 1. The summed E-state index contributed by atoms with van der Waals surface area (Å²) >= 11 is 0. The maximum absolute atomic E-state index is 12.4. The van der Waals surface area contributed by atoms with Crippen molar-refractivity contribution >= 4 is 21.6 Å². The maximum atomic E-state index is 12.4. The molecule has 5 N–H and O–H groups in total. The Morgan fingerprint density at radius 3 is 2.26 bits per heavy atom. The largest absolute Gasteiger partial charge is 0.508 e. The topological polar surface area (TPSA) is 147 Å². The molecule has 1 aliphatic heterocycles. The molecule has 0 unspecified atom stereocenters. The predicted octanol–water partition coefficient (Wildman–Crippen LogP) is 1.00. The van der Waals surface area contributed by atoms with Gasteiger partial charge in [-0.2, -0.15) is 0 Å². The number of hydrogen-bond donors (Lipinski definition) is 5. The number of nitrogens with zero attached hydrogens (tertiary/aromatic N) is 1. The molecule has 0 aromatic heterocycles. The zero-order chi connectivity index (χ0) is 24.9. The van der Waals surface area contributed by atoms with E-state index in [1.165, 1.54) is 0 Å². The molecular weight excluding hydrogens is 460 g/mol. The van der Waals surface area contributed by atoms with Crippen LogP contribution in [0.3, 0.4) is 0 Å². The first-order chi connectivity index (χ1) is 16.0. The van der Waals surface area contributed by atoms with E-state index in [0.29, 0.717) is 31.4 Å². The molecule has 0 aliphatic carbocycles. The maximum Gasteiger partial charge on any atom is 0.230 e. The van der Waals surface area contributed by atoms with E-state index in [1.54, 1.807) is 23.1 Å². The average Bonchev–Trinajstić information content (AvgIpc) is 2.79. The molecule has 1 saturated heterocycles. The van der Waals surface area contributed by atoms with Crippen LogP contribution >= 0.6 is 0 Å². The Labute approximate surface area is 199 Å². The zero-order valence-electron chi connectivity index (χ0n) is 19.1. The third-order valence-electron chi connectivity index (χ3n) is 6.09. The number of nitrogens with one attached hydrogen (secondary N) is 1. The second kappa shape index (κ2) is 10.8. The summed E-state index contributed by atoms with van der Waals surface area (Å²) in [7, 11) is -3.20.